The largest absolute Gasteiger partial charge is 0.491 e. The lowest BCUT2D eigenvalue weighted by Crippen LogP contribution is -2.12. The second kappa shape index (κ2) is 10.6. The van der Waals surface area contributed by atoms with Crippen molar-refractivity contribution in [1.82, 2.24) is 14.9 Å². The molecule has 1 heterocycles. The summed E-state index contributed by atoms with van der Waals surface area (Å²) in [5.41, 5.74) is 2.05. The standard InChI is InChI=1S/C20H21BrN4O3/c1-16-2-5-19(6-3-16)27-10-8-26-9-11-28-20-7-4-18(21)12-17(20)13-24-25-14-22-23-15-25/h2-7,12-15H,8-11H2,1H3/b24-13+. The van der Waals surface area contributed by atoms with Crippen LogP contribution in [0.25, 0.3) is 0 Å². The maximum Gasteiger partial charge on any atom is 0.141 e. The minimum absolute atomic E-state index is 0.430. The molecule has 0 aliphatic carbocycles. The van der Waals surface area contributed by atoms with E-state index in [2.05, 4.69) is 31.2 Å². The predicted molar refractivity (Wildman–Crippen MR) is 110 cm³/mol. The van der Waals surface area contributed by atoms with Crippen molar-refractivity contribution in [2.75, 3.05) is 26.4 Å². The fraction of sp³-hybridized carbons (Fsp3) is 0.250. The lowest BCUT2D eigenvalue weighted by Gasteiger charge is -2.10. The van der Waals surface area contributed by atoms with Crippen LogP contribution in [-0.2, 0) is 4.74 Å². The molecule has 28 heavy (non-hydrogen) atoms. The van der Waals surface area contributed by atoms with E-state index in [0.717, 1.165) is 21.5 Å². The van der Waals surface area contributed by atoms with Crippen molar-refractivity contribution in [3.63, 3.8) is 0 Å². The quantitative estimate of drug-likeness (QED) is 0.352. The Labute approximate surface area is 172 Å². The molecule has 0 unspecified atom stereocenters. The van der Waals surface area contributed by atoms with Crippen LogP contribution in [0.5, 0.6) is 11.5 Å². The highest BCUT2D eigenvalue weighted by molar-refractivity contribution is 9.10. The fourth-order valence-corrected chi connectivity index (χ4v) is 2.68. The molecule has 0 fully saturated rings. The van der Waals surface area contributed by atoms with Crippen molar-refractivity contribution in [2.24, 2.45) is 5.10 Å². The Bertz CT molecular complexity index is 883. The Morgan fingerprint density at radius 3 is 2.43 bits per heavy atom. The average molecular weight is 445 g/mol. The van der Waals surface area contributed by atoms with Crippen LogP contribution in [-0.4, -0.2) is 47.5 Å². The minimum Gasteiger partial charge on any atom is -0.491 e. The van der Waals surface area contributed by atoms with Gasteiger partial charge in [0.25, 0.3) is 0 Å². The lowest BCUT2D eigenvalue weighted by molar-refractivity contribution is 0.0764. The number of aromatic nitrogens is 3. The smallest absolute Gasteiger partial charge is 0.141 e. The van der Waals surface area contributed by atoms with Gasteiger partial charge in [0, 0.05) is 10.0 Å². The molecule has 0 aliphatic rings. The summed E-state index contributed by atoms with van der Waals surface area (Å²) in [7, 11) is 0. The first-order chi connectivity index (χ1) is 13.7. The summed E-state index contributed by atoms with van der Waals surface area (Å²) in [6, 6.07) is 13.7. The van der Waals surface area contributed by atoms with Crippen molar-refractivity contribution < 1.29 is 14.2 Å². The molecule has 0 saturated heterocycles. The van der Waals surface area contributed by atoms with Crippen LogP contribution in [0.4, 0.5) is 0 Å². The Hall–Kier alpha value is -2.71. The van der Waals surface area contributed by atoms with E-state index < -0.39 is 0 Å². The predicted octanol–water partition coefficient (Wildman–Crippen LogP) is 3.71. The highest BCUT2D eigenvalue weighted by Gasteiger charge is 2.03. The molecule has 0 atom stereocenters. The first-order valence-corrected chi connectivity index (χ1v) is 9.58. The topological polar surface area (TPSA) is 70.8 Å². The molecule has 0 saturated carbocycles. The Morgan fingerprint density at radius 2 is 1.68 bits per heavy atom. The van der Waals surface area contributed by atoms with Crippen LogP contribution < -0.4 is 9.47 Å². The SMILES string of the molecule is Cc1ccc(OCCOCCOc2ccc(Br)cc2/C=N/n2cnnc2)cc1. The molecule has 0 radical (unpaired) electrons. The second-order valence-electron chi connectivity index (χ2n) is 5.89. The molecule has 146 valence electrons. The van der Waals surface area contributed by atoms with Crippen LogP contribution in [0.15, 0.2) is 64.7 Å². The van der Waals surface area contributed by atoms with Gasteiger partial charge in [0.05, 0.1) is 19.4 Å². The van der Waals surface area contributed by atoms with Gasteiger partial charge >= 0.3 is 0 Å². The van der Waals surface area contributed by atoms with Crippen molar-refractivity contribution in [3.8, 4) is 11.5 Å². The number of aryl methyl sites for hydroxylation is 1. The number of rotatable bonds is 10. The van der Waals surface area contributed by atoms with Gasteiger partial charge in [-0.15, -0.1) is 10.2 Å². The molecule has 1 aromatic heterocycles. The zero-order valence-electron chi connectivity index (χ0n) is 15.5. The zero-order valence-corrected chi connectivity index (χ0v) is 17.1. The lowest BCUT2D eigenvalue weighted by atomic mass is 10.2. The summed E-state index contributed by atoms with van der Waals surface area (Å²) in [6.07, 6.45) is 4.72. The molecular formula is C20H21BrN4O3. The van der Waals surface area contributed by atoms with Crippen molar-refractivity contribution in [1.29, 1.82) is 0 Å². The molecule has 0 bridgehead atoms. The van der Waals surface area contributed by atoms with E-state index in [4.69, 9.17) is 14.2 Å². The molecule has 2 aromatic carbocycles. The van der Waals surface area contributed by atoms with E-state index in [1.807, 2.05) is 49.4 Å². The van der Waals surface area contributed by atoms with Gasteiger partial charge in [-0.05, 0) is 37.3 Å². The third kappa shape index (κ3) is 6.47. The van der Waals surface area contributed by atoms with E-state index in [1.165, 1.54) is 22.9 Å². The summed E-state index contributed by atoms with van der Waals surface area (Å²) in [5.74, 6) is 1.57. The third-order valence-corrected chi connectivity index (χ3v) is 4.20. The Kier molecular flexibility index (Phi) is 7.57. The van der Waals surface area contributed by atoms with Crippen LogP contribution in [0.2, 0.25) is 0 Å². The van der Waals surface area contributed by atoms with Gasteiger partial charge in [-0.1, -0.05) is 33.6 Å². The van der Waals surface area contributed by atoms with Crippen LogP contribution in [0.3, 0.4) is 0 Å². The fourth-order valence-electron chi connectivity index (χ4n) is 2.30. The average Bonchev–Trinajstić information content (AvgIpc) is 3.22. The Balaban J connectivity index is 1.40. The van der Waals surface area contributed by atoms with E-state index >= 15 is 0 Å². The number of ether oxygens (including phenoxy) is 3. The van der Waals surface area contributed by atoms with Gasteiger partial charge in [0.1, 0.15) is 37.4 Å². The maximum absolute atomic E-state index is 5.82. The molecule has 3 aromatic rings. The highest BCUT2D eigenvalue weighted by Crippen LogP contribution is 2.22. The van der Waals surface area contributed by atoms with Crippen molar-refractivity contribution >= 4 is 22.1 Å². The maximum atomic E-state index is 5.82. The number of hydrogen-bond donors (Lipinski definition) is 0. The molecule has 8 heteroatoms. The summed E-state index contributed by atoms with van der Waals surface area (Å²) in [5, 5.41) is 11.7. The molecule has 3 rings (SSSR count). The van der Waals surface area contributed by atoms with Gasteiger partial charge in [-0.2, -0.15) is 5.10 Å². The number of nitrogens with zero attached hydrogens (tertiary/aromatic N) is 4. The van der Waals surface area contributed by atoms with Gasteiger partial charge in [-0.3, -0.25) is 0 Å². The normalized spacial score (nSPS) is 11.1. The van der Waals surface area contributed by atoms with Gasteiger partial charge in [0.15, 0.2) is 0 Å². The molecule has 7 nitrogen and oxygen atoms in total. The van der Waals surface area contributed by atoms with E-state index in [-0.39, 0.29) is 0 Å². The van der Waals surface area contributed by atoms with Crippen LogP contribution >= 0.6 is 15.9 Å². The summed E-state index contributed by atoms with van der Waals surface area (Å²) in [6.45, 7) is 3.94. The number of benzene rings is 2. The summed E-state index contributed by atoms with van der Waals surface area (Å²) >= 11 is 3.46. The number of hydrogen-bond acceptors (Lipinski definition) is 6. The first kappa shape index (κ1) is 20.0. The molecule has 0 N–H and O–H groups in total. The van der Waals surface area contributed by atoms with Gasteiger partial charge in [-0.25, -0.2) is 4.68 Å². The van der Waals surface area contributed by atoms with Crippen molar-refractivity contribution in [3.05, 3.63) is 70.7 Å². The van der Waals surface area contributed by atoms with Gasteiger partial charge in [0.2, 0.25) is 0 Å². The highest BCUT2D eigenvalue weighted by atomic mass is 79.9. The zero-order chi connectivity index (χ0) is 19.6. The molecular weight excluding hydrogens is 424 g/mol. The minimum atomic E-state index is 0.430. The Morgan fingerprint density at radius 1 is 0.964 bits per heavy atom. The monoisotopic (exact) mass is 444 g/mol. The summed E-state index contributed by atoms with van der Waals surface area (Å²) < 4.78 is 19.5. The molecule has 0 spiro atoms. The second-order valence-corrected chi connectivity index (χ2v) is 6.81. The van der Waals surface area contributed by atoms with E-state index in [0.29, 0.717) is 26.4 Å². The summed E-state index contributed by atoms with van der Waals surface area (Å²) in [4.78, 5) is 0. The third-order valence-electron chi connectivity index (χ3n) is 3.71. The van der Waals surface area contributed by atoms with E-state index in [1.54, 1.807) is 6.21 Å². The molecule has 0 aliphatic heterocycles. The van der Waals surface area contributed by atoms with Crippen molar-refractivity contribution in [2.45, 2.75) is 6.92 Å². The number of halogens is 1. The first-order valence-electron chi connectivity index (χ1n) is 8.79. The van der Waals surface area contributed by atoms with Crippen LogP contribution in [0.1, 0.15) is 11.1 Å². The molecule has 0 amide bonds. The van der Waals surface area contributed by atoms with Crippen LogP contribution in [0, 0.1) is 6.92 Å². The van der Waals surface area contributed by atoms with Gasteiger partial charge < -0.3 is 14.2 Å². The van der Waals surface area contributed by atoms with E-state index in [9.17, 15) is 0 Å².